The van der Waals surface area contributed by atoms with Crippen LogP contribution in [0.25, 0.3) is 10.8 Å². The second-order valence-corrected chi connectivity index (χ2v) is 8.48. The Hall–Kier alpha value is -2.99. The predicted molar refractivity (Wildman–Crippen MR) is 125 cm³/mol. The Balaban J connectivity index is 1.68. The van der Waals surface area contributed by atoms with E-state index in [0.29, 0.717) is 18.8 Å². The average molecular weight is 418 g/mol. The Morgan fingerprint density at radius 2 is 1.55 bits per heavy atom. The van der Waals surface area contributed by atoms with Gasteiger partial charge in [-0.25, -0.2) is 0 Å². The summed E-state index contributed by atoms with van der Waals surface area (Å²) in [6.45, 7) is 3.96. The maximum Gasteiger partial charge on any atom is 0.275 e. The van der Waals surface area contributed by atoms with Gasteiger partial charge >= 0.3 is 0 Å². The van der Waals surface area contributed by atoms with Crippen LogP contribution in [-0.2, 0) is 6.54 Å². The highest BCUT2D eigenvalue weighted by molar-refractivity contribution is 6.07. The first-order valence-electron chi connectivity index (χ1n) is 11.1. The SMILES string of the molecule is CN(C)CCN(Cc1ccccc1)C(=O)c1nnc(N2CCCCC2)c2ccccc12. The molecule has 0 atom stereocenters. The fraction of sp³-hybridized carbons (Fsp3) is 0.400. The summed E-state index contributed by atoms with van der Waals surface area (Å²) in [7, 11) is 4.04. The smallest absolute Gasteiger partial charge is 0.275 e. The van der Waals surface area contributed by atoms with E-state index in [0.717, 1.165) is 41.8 Å². The molecule has 0 N–H and O–H groups in total. The van der Waals surface area contributed by atoms with E-state index in [9.17, 15) is 4.79 Å². The molecule has 3 aromatic rings. The summed E-state index contributed by atoms with van der Waals surface area (Å²) in [5, 5.41) is 10.9. The number of nitrogens with zero attached hydrogens (tertiary/aromatic N) is 5. The molecule has 0 bridgehead atoms. The lowest BCUT2D eigenvalue weighted by Gasteiger charge is -2.29. The molecule has 1 amide bonds. The van der Waals surface area contributed by atoms with Crippen molar-refractivity contribution in [3.8, 4) is 0 Å². The van der Waals surface area contributed by atoms with Crippen molar-refractivity contribution in [2.75, 3.05) is 45.2 Å². The van der Waals surface area contributed by atoms with Gasteiger partial charge in [-0.1, -0.05) is 54.6 Å². The largest absolute Gasteiger partial charge is 0.355 e. The number of carbonyl (C=O) groups is 1. The highest BCUT2D eigenvalue weighted by Crippen LogP contribution is 2.28. The Kier molecular flexibility index (Phi) is 6.77. The van der Waals surface area contributed by atoms with E-state index in [1.807, 2.05) is 55.4 Å². The summed E-state index contributed by atoms with van der Waals surface area (Å²) < 4.78 is 0. The van der Waals surface area contributed by atoms with E-state index >= 15 is 0 Å². The number of benzene rings is 2. The topological polar surface area (TPSA) is 52.6 Å². The fourth-order valence-electron chi connectivity index (χ4n) is 4.11. The molecule has 0 saturated carbocycles. The average Bonchev–Trinajstić information content (AvgIpc) is 2.81. The highest BCUT2D eigenvalue weighted by Gasteiger charge is 2.24. The molecule has 0 radical (unpaired) electrons. The van der Waals surface area contributed by atoms with Crippen LogP contribution in [0.15, 0.2) is 54.6 Å². The molecule has 0 spiro atoms. The van der Waals surface area contributed by atoms with Crippen LogP contribution in [0.2, 0.25) is 0 Å². The fourth-order valence-corrected chi connectivity index (χ4v) is 4.11. The van der Waals surface area contributed by atoms with Crippen LogP contribution in [0.1, 0.15) is 35.3 Å². The summed E-state index contributed by atoms with van der Waals surface area (Å²) in [6, 6.07) is 18.2. The number of amides is 1. The molecule has 2 heterocycles. The minimum Gasteiger partial charge on any atom is -0.355 e. The van der Waals surface area contributed by atoms with E-state index in [1.54, 1.807) is 0 Å². The first kappa shape index (κ1) is 21.2. The monoisotopic (exact) mass is 417 g/mol. The molecule has 1 aromatic heterocycles. The molecule has 1 aliphatic heterocycles. The van der Waals surface area contributed by atoms with Gasteiger partial charge in [0.25, 0.3) is 5.91 Å². The van der Waals surface area contributed by atoms with Gasteiger partial charge < -0.3 is 14.7 Å². The van der Waals surface area contributed by atoms with Gasteiger partial charge in [0, 0.05) is 43.5 Å². The van der Waals surface area contributed by atoms with E-state index in [4.69, 9.17) is 0 Å². The van der Waals surface area contributed by atoms with E-state index in [2.05, 4.69) is 38.2 Å². The Morgan fingerprint density at radius 3 is 2.26 bits per heavy atom. The molecular weight excluding hydrogens is 386 g/mol. The minimum atomic E-state index is -0.0698. The zero-order valence-electron chi connectivity index (χ0n) is 18.5. The molecule has 162 valence electrons. The van der Waals surface area contributed by atoms with Gasteiger partial charge in [0.05, 0.1) is 0 Å². The van der Waals surface area contributed by atoms with Gasteiger partial charge in [-0.15, -0.1) is 10.2 Å². The Labute approximate surface area is 184 Å². The lowest BCUT2D eigenvalue weighted by Crippen LogP contribution is -2.37. The number of fused-ring (bicyclic) bond motifs is 1. The number of rotatable bonds is 7. The van der Waals surface area contributed by atoms with Gasteiger partial charge in [0.2, 0.25) is 0 Å². The third kappa shape index (κ3) is 5.02. The summed E-state index contributed by atoms with van der Waals surface area (Å²) >= 11 is 0. The quantitative estimate of drug-likeness (QED) is 0.585. The molecule has 1 aliphatic rings. The molecule has 6 nitrogen and oxygen atoms in total. The Morgan fingerprint density at radius 1 is 0.871 bits per heavy atom. The van der Waals surface area contributed by atoms with Crippen molar-refractivity contribution in [3.05, 3.63) is 65.9 Å². The molecule has 2 aromatic carbocycles. The van der Waals surface area contributed by atoms with Crippen LogP contribution < -0.4 is 4.90 Å². The van der Waals surface area contributed by atoms with E-state index < -0.39 is 0 Å². The zero-order chi connectivity index (χ0) is 21.6. The number of piperidine rings is 1. The van der Waals surface area contributed by atoms with Crippen molar-refractivity contribution >= 4 is 22.5 Å². The maximum atomic E-state index is 13.7. The van der Waals surface area contributed by atoms with E-state index in [1.165, 1.54) is 19.3 Å². The number of anilines is 1. The Bertz CT molecular complexity index is 1010. The zero-order valence-corrected chi connectivity index (χ0v) is 18.5. The van der Waals surface area contributed by atoms with E-state index in [-0.39, 0.29) is 5.91 Å². The predicted octanol–water partition coefficient (Wildman–Crippen LogP) is 3.82. The molecule has 6 heteroatoms. The summed E-state index contributed by atoms with van der Waals surface area (Å²) in [6.07, 6.45) is 3.61. The van der Waals surface area contributed by atoms with Crippen molar-refractivity contribution in [1.82, 2.24) is 20.0 Å². The van der Waals surface area contributed by atoms with Gasteiger partial charge in [-0.05, 0) is 38.9 Å². The highest BCUT2D eigenvalue weighted by atomic mass is 16.2. The molecule has 1 fully saturated rings. The number of aromatic nitrogens is 2. The molecular formula is C25H31N5O. The van der Waals surface area contributed by atoms with Crippen LogP contribution in [0.3, 0.4) is 0 Å². The molecule has 4 rings (SSSR count). The van der Waals surface area contributed by atoms with Gasteiger partial charge in [0.15, 0.2) is 11.5 Å². The van der Waals surface area contributed by atoms with Crippen molar-refractivity contribution < 1.29 is 4.79 Å². The second-order valence-electron chi connectivity index (χ2n) is 8.48. The number of carbonyl (C=O) groups excluding carboxylic acids is 1. The van der Waals surface area contributed by atoms with Crippen LogP contribution in [-0.4, -0.2) is 66.2 Å². The normalized spacial score (nSPS) is 14.2. The third-order valence-corrected chi connectivity index (χ3v) is 5.85. The third-order valence-electron chi connectivity index (χ3n) is 5.85. The van der Waals surface area contributed by atoms with Crippen LogP contribution >= 0.6 is 0 Å². The second kappa shape index (κ2) is 9.88. The standard InChI is InChI=1S/C25H31N5O/c1-28(2)17-18-30(19-20-11-5-3-6-12-20)25(31)23-21-13-7-8-14-22(21)24(27-26-23)29-15-9-4-10-16-29/h3,5-8,11-14H,4,9-10,15-19H2,1-2H3. The maximum absolute atomic E-state index is 13.7. The summed E-state index contributed by atoms with van der Waals surface area (Å²) in [5.74, 6) is 0.828. The summed E-state index contributed by atoms with van der Waals surface area (Å²) in [5.41, 5.74) is 1.54. The molecule has 0 unspecified atom stereocenters. The number of hydrogen-bond donors (Lipinski definition) is 0. The lowest BCUT2D eigenvalue weighted by molar-refractivity contribution is 0.0727. The van der Waals surface area contributed by atoms with Crippen molar-refractivity contribution in [2.45, 2.75) is 25.8 Å². The van der Waals surface area contributed by atoms with Crippen molar-refractivity contribution in [1.29, 1.82) is 0 Å². The van der Waals surface area contributed by atoms with Gasteiger partial charge in [0.1, 0.15) is 0 Å². The summed E-state index contributed by atoms with van der Waals surface area (Å²) in [4.78, 5) is 19.9. The molecule has 1 saturated heterocycles. The van der Waals surface area contributed by atoms with Crippen LogP contribution in [0.5, 0.6) is 0 Å². The molecule has 0 aliphatic carbocycles. The van der Waals surface area contributed by atoms with Crippen molar-refractivity contribution in [2.24, 2.45) is 0 Å². The minimum absolute atomic E-state index is 0.0698. The van der Waals surface area contributed by atoms with Crippen LogP contribution in [0.4, 0.5) is 5.82 Å². The van der Waals surface area contributed by atoms with Crippen LogP contribution in [0, 0.1) is 0 Å². The lowest BCUT2D eigenvalue weighted by atomic mass is 10.1. The van der Waals surface area contributed by atoms with Crippen molar-refractivity contribution in [3.63, 3.8) is 0 Å². The number of likely N-dealkylation sites (N-methyl/N-ethyl adjacent to an activating group) is 1. The first-order chi connectivity index (χ1) is 15.1. The first-order valence-corrected chi connectivity index (χ1v) is 11.1. The van der Waals surface area contributed by atoms with Gasteiger partial charge in [-0.2, -0.15) is 0 Å². The molecule has 31 heavy (non-hydrogen) atoms. The number of hydrogen-bond acceptors (Lipinski definition) is 5. The van der Waals surface area contributed by atoms with Gasteiger partial charge in [-0.3, -0.25) is 4.79 Å².